The summed E-state index contributed by atoms with van der Waals surface area (Å²) in [6, 6.07) is 16.4. The second-order valence-corrected chi connectivity index (χ2v) is 6.68. The van der Waals surface area contributed by atoms with Gasteiger partial charge >= 0.3 is 0 Å². The maximum Gasteiger partial charge on any atom is 0.190 e. The highest BCUT2D eigenvalue weighted by Crippen LogP contribution is 2.15. The van der Waals surface area contributed by atoms with Crippen molar-refractivity contribution in [2.75, 3.05) is 27.2 Å². The summed E-state index contributed by atoms with van der Waals surface area (Å²) < 4.78 is 7.55. The Morgan fingerprint density at radius 3 is 2.75 bits per heavy atom. The van der Waals surface area contributed by atoms with Gasteiger partial charge in [-0.1, -0.05) is 24.3 Å². The third-order valence-corrected chi connectivity index (χ3v) is 4.76. The van der Waals surface area contributed by atoms with Crippen molar-refractivity contribution in [1.82, 2.24) is 20.2 Å². The number of methoxy groups -OCH3 is 1. The van der Waals surface area contributed by atoms with Gasteiger partial charge in [0.2, 0.25) is 0 Å². The fourth-order valence-corrected chi connectivity index (χ4v) is 3.30. The van der Waals surface area contributed by atoms with Crippen LogP contribution in [0.5, 0.6) is 5.75 Å². The SMILES string of the molecule is CN=C(NCCCn1c(C)nc2ccccc21)NCCc1cccc(OC)c1. The van der Waals surface area contributed by atoms with Gasteiger partial charge in [0.1, 0.15) is 11.6 Å². The lowest BCUT2D eigenvalue weighted by Crippen LogP contribution is -2.39. The molecule has 0 saturated heterocycles. The first-order valence-electron chi connectivity index (χ1n) is 9.70. The molecule has 0 aliphatic heterocycles. The minimum absolute atomic E-state index is 0.818. The third-order valence-electron chi connectivity index (χ3n) is 4.76. The van der Waals surface area contributed by atoms with E-state index in [9.17, 15) is 0 Å². The van der Waals surface area contributed by atoms with E-state index < -0.39 is 0 Å². The zero-order chi connectivity index (χ0) is 19.8. The van der Waals surface area contributed by atoms with Crippen LogP contribution in [-0.2, 0) is 13.0 Å². The molecule has 0 amide bonds. The van der Waals surface area contributed by atoms with Crippen molar-refractivity contribution in [3.05, 3.63) is 59.9 Å². The molecule has 148 valence electrons. The van der Waals surface area contributed by atoms with Gasteiger partial charge in [0.05, 0.1) is 18.1 Å². The quantitative estimate of drug-likeness (QED) is 0.359. The van der Waals surface area contributed by atoms with E-state index in [2.05, 4.69) is 62.4 Å². The Morgan fingerprint density at radius 1 is 1.11 bits per heavy atom. The monoisotopic (exact) mass is 379 g/mol. The van der Waals surface area contributed by atoms with Crippen molar-refractivity contribution in [2.45, 2.75) is 26.3 Å². The topological polar surface area (TPSA) is 63.5 Å². The van der Waals surface area contributed by atoms with Gasteiger partial charge in [-0.25, -0.2) is 4.98 Å². The van der Waals surface area contributed by atoms with Crippen LogP contribution in [0.4, 0.5) is 0 Å². The molecule has 0 aliphatic rings. The van der Waals surface area contributed by atoms with Crippen molar-refractivity contribution < 1.29 is 4.74 Å². The summed E-state index contributed by atoms with van der Waals surface area (Å²) in [5.74, 6) is 2.78. The number of benzene rings is 2. The number of nitrogens with one attached hydrogen (secondary N) is 2. The normalized spacial score (nSPS) is 11.6. The highest BCUT2D eigenvalue weighted by molar-refractivity contribution is 5.79. The van der Waals surface area contributed by atoms with Crippen molar-refractivity contribution in [1.29, 1.82) is 0 Å². The van der Waals surface area contributed by atoms with E-state index in [1.54, 1.807) is 14.2 Å². The zero-order valence-electron chi connectivity index (χ0n) is 16.9. The molecule has 6 nitrogen and oxygen atoms in total. The van der Waals surface area contributed by atoms with Crippen molar-refractivity contribution in [2.24, 2.45) is 4.99 Å². The molecule has 3 rings (SSSR count). The maximum atomic E-state index is 5.27. The Labute approximate surface area is 166 Å². The molecule has 28 heavy (non-hydrogen) atoms. The van der Waals surface area contributed by atoms with Crippen molar-refractivity contribution in [3.8, 4) is 5.75 Å². The number of hydrogen-bond donors (Lipinski definition) is 2. The smallest absolute Gasteiger partial charge is 0.190 e. The molecule has 1 heterocycles. The molecule has 0 fully saturated rings. The van der Waals surface area contributed by atoms with E-state index in [1.165, 1.54) is 11.1 Å². The largest absolute Gasteiger partial charge is 0.497 e. The predicted molar refractivity (Wildman–Crippen MR) is 115 cm³/mol. The molecular formula is C22H29N5O. The van der Waals surface area contributed by atoms with E-state index in [1.807, 2.05) is 18.2 Å². The van der Waals surface area contributed by atoms with Crippen LogP contribution in [0.25, 0.3) is 11.0 Å². The molecule has 0 saturated carbocycles. The lowest BCUT2D eigenvalue weighted by molar-refractivity contribution is 0.414. The second kappa shape index (κ2) is 9.78. The third kappa shape index (κ3) is 5.03. The van der Waals surface area contributed by atoms with E-state index in [0.29, 0.717) is 0 Å². The highest BCUT2D eigenvalue weighted by Gasteiger charge is 2.06. The molecule has 1 aromatic heterocycles. The number of nitrogens with zero attached hydrogens (tertiary/aromatic N) is 3. The number of rotatable bonds is 8. The Kier molecular flexibility index (Phi) is 6.89. The average molecular weight is 380 g/mol. The predicted octanol–water partition coefficient (Wildman–Crippen LogP) is 3.15. The molecule has 0 bridgehead atoms. The Bertz CT molecular complexity index is 932. The fourth-order valence-electron chi connectivity index (χ4n) is 3.30. The van der Waals surface area contributed by atoms with Crippen molar-refractivity contribution in [3.63, 3.8) is 0 Å². The minimum atomic E-state index is 0.818. The summed E-state index contributed by atoms with van der Waals surface area (Å²) in [7, 11) is 3.49. The summed E-state index contributed by atoms with van der Waals surface area (Å²) in [5.41, 5.74) is 3.49. The fraction of sp³-hybridized carbons (Fsp3) is 0.364. The molecule has 2 aromatic carbocycles. The number of hydrogen-bond acceptors (Lipinski definition) is 3. The van der Waals surface area contributed by atoms with Crippen LogP contribution in [0, 0.1) is 6.92 Å². The van der Waals surface area contributed by atoms with Gasteiger partial charge in [0, 0.05) is 26.7 Å². The standard InChI is InChI=1S/C22H29N5O/c1-17-26-20-10-4-5-11-21(20)27(17)15-7-13-24-22(23-2)25-14-12-18-8-6-9-19(16-18)28-3/h4-6,8-11,16H,7,12-15H2,1-3H3,(H2,23,24,25). The number of fused-ring (bicyclic) bond motifs is 1. The Balaban J connectivity index is 1.42. The van der Waals surface area contributed by atoms with Crippen LogP contribution in [0.3, 0.4) is 0 Å². The zero-order valence-corrected chi connectivity index (χ0v) is 16.9. The van der Waals surface area contributed by atoms with E-state index in [0.717, 1.165) is 55.5 Å². The van der Waals surface area contributed by atoms with Gasteiger partial charge in [-0.3, -0.25) is 4.99 Å². The molecular weight excluding hydrogens is 350 g/mol. The van der Waals surface area contributed by atoms with Crippen LogP contribution in [0.1, 0.15) is 17.8 Å². The number of ether oxygens (including phenoxy) is 1. The van der Waals surface area contributed by atoms with Crippen LogP contribution in [0.15, 0.2) is 53.5 Å². The summed E-state index contributed by atoms with van der Waals surface area (Å²) in [4.78, 5) is 8.93. The van der Waals surface area contributed by atoms with Crippen LogP contribution < -0.4 is 15.4 Å². The van der Waals surface area contributed by atoms with Gasteiger partial charge in [-0.2, -0.15) is 0 Å². The van der Waals surface area contributed by atoms with E-state index >= 15 is 0 Å². The van der Waals surface area contributed by atoms with Crippen molar-refractivity contribution >= 4 is 17.0 Å². The number of aryl methyl sites for hydroxylation is 2. The molecule has 6 heteroatoms. The number of guanidine groups is 1. The first kappa shape index (κ1) is 19.7. The van der Waals surface area contributed by atoms with Crippen LogP contribution >= 0.6 is 0 Å². The first-order chi connectivity index (χ1) is 13.7. The summed E-state index contributed by atoms with van der Waals surface area (Å²) in [6.45, 7) is 4.66. The average Bonchev–Trinajstić information content (AvgIpc) is 3.05. The van der Waals surface area contributed by atoms with Gasteiger partial charge in [0.25, 0.3) is 0 Å². The minimum Gasteiger partial charge on any atom is -0.497 e. The Hall–Kier alpha value is -3.02. The Morgan fingerprint density at radius 2 is 1.93 bits per heavy atom. The maximum absolute atomic E-state index is 5.27. The van der Waals surface area contributed by atoms with Gasteiger partial charge in [-0.05, 0) is 49.6 Å². The van der Waals surface area contributed by atoms with Crippen LogP contribution in [-0.4, -0.2) is 42.8 Å². The van der Waals surface area contributed by atoms with E-state index in [4.69, 9.17) is 4.74 Å². The van der Waals surface area contributed by atoms with Gasteiger partial charge in [0.15, 0.2) is 5.96 Å². The molecule has 0 atom stereocenters. The lowest BCUT2D eigenvalue weighted by Gasteiger charge is -2.13. The van der Waals surface area contributed by atoms with Crippen LogP contribution in [0.2, 0.25) is 0 Å². The summed E-state index contributed by atoms with van der Waals surface area (Å²) in [5, 5.41) is 6.76. The number of aliphatic imine (C=N–C) groups is 1. The molecule has 0 spiro atoms. The lowest BCUT2D eigenvalue weighted by atomic mass is 10.1. The van der Waals surface area contributed by atoms with Gasteiger partial charge < -0.3 is 19.9 Å². The summed E-state index contributed by atoms with van der Waals surface area (Å²) in [6.07, 6.45) is 1.91. The molecule has 2 N–H and O–H groups in total. The number of imidazole rings is 1. The van der Waals surface area contributed by atoms with E-state index in [-0.39, 0.29) is 0 Å². The second-order valence-electron chi connectivity index (χ2n) is 6.68. The molecule has 0 unspecified atom stereocenters. The first-order valence-corrected chi connectivity index (χ1v) is 9.70. The highest BCUT2D eigenvalue weighted by atomic mass is 16.5. The van der Waals surface area contributed by atoms with Gasteiger partial charge in [-0.15, -0.1) is 0 Å². The number of aromatic nitrogens is 2. The number of para-hydroxylation sites is 2. The molecule has 3 aromatic rings. The molecule has 0 aliphatic carbocycles. The summed E-state index contributed by atoms with van der Waals surface area (Å²) >= 11 is 0. The molecule has 0 radical (unpaired) electrons.